The third-order valence-corrected chi connectivity index (χ3v) is 4.99. The molecule has 0 unspecified atom stereocenters. The van der Waals surface area contributed by atoms with Gasteiger partial charge < -0.3 is 9.30 Å². The number of hydrogen-bond donors (Lipinski definition) is 0. The smallest absolute Gasteiger partial charge is 0.169 e. The Morgan fingerprint density at radius 3 is 2.90 bits per heavy atom. The zero-order valence-electron chi connectivity index (χ0n) is 12.1. The number of fused-ring (bicyclic) bond motifs is 1. The van der Waals surface area contributed by atoms with Crippen molar-refractivity contribution in [2.75, 3.05) is 13.7 Å². The number of para-hydroxylation sites is 2. The van der Waals surface area contributed by atoms with Crippen LogP contribution in [0.3, 0.4) is 0 Å². The predicted octanol–water partition coefficient (Wildman–Crippen LogP) is 3.74. The van der Waals surface area contributed by atoms with E-state index >= 15 is 0 Å². The van der Waals surface area contributed by atoms with Crippen molar-refractivity contribution in [3.63, 3.8) is 0 Å². The molecule has 2 aromatic heterocycles. The summed E-state index contributed by atoms with van der Waals surface area (Å²) in [4.78, 5) is 9.24. The molecular weight excluding hydrogens is 302 g/mol. The lowest BCUT2D eigenvalue weighted by atomic mass is 10.3. The van der Waals surface area contributed by atoms with Crippen molar-refractivity contribution in [1.82, 2.24) is 14.5 Å². The van der Waals surface area contributed by atoms with E-state index in [1.807, 2.05) is 19.1 Å². The molecule has 0 N–H and O–H groups in total. The second-order valence-electron chi connectivity index (χ2n) is 4.67. The zero-order valence-corrected chi connectivity index (χ0v) is 13.7. The summed E-state index contributed by atoms with van der Waals surface area (Å²) in [7, 11) is 1.73. The fraction of sp³-hybridized carbons (Fsp3) is 0.333. The van der Waals surface area contributed by atoms with Crippen molar-refractivity contribution in [2.45, 2.75) is 24.4 Å². The number of methoxy groups -OCH3 is 1. The maximum absolute atomic E-state index is 5.22. The number of ether oxygens (including phenoxy) is 1. The predicted molar refractivity (Wildman–Crippen MR) is 88.0 cm³/mol. The first-order valence-electron chi connectivity index (χ1n) is 6.76. The highest BCUT2D eigenvalue weighted by Crippen LogP contribution is 2.27. The van der Waals surface area contributed by atoms with Crippen molar-refractivity contribution in [2.24, 2.45) is 0 Å². The van der Waals surface area contributed by atoms with Gasteiger partial charge in [0.25, 0.3) is 0 Å². The summed E-state index contributed by atoms with van der Waals surface area (Å²) < 4.78 is 7.44. The van der Waals surface area contributed by atoms with E-state index in [9.17, 15) is 0 Å². The Labute approximate surface area is 132 Å². The summed E-state index contributed by atoms with van der Waals surface area (Å²) >= 11 is 3.42. The Balaban J connectivity index is 1.85. The van der Waals surface area contributed by atoms with E-state index in [4.69, 9.17) is 9.72 Å². The second kappa shape index (κ2) is 6.60. The Morgan fingerprint density at radius 1 is 1.29 bits per heavy atom. The minimum atomic E-state index is 0.684. The third kappa shape index (κ3) is 3.28. The highest BCUT2D eigenvalue weighted by Gasteiger charge is 2.11. The Kier molecular flexibility index (Phi) is 4.57. The number of benzene rings is 1. The molecule has 0 aliphatic heterocycles. The molecule has 0 fully saturated rings. The molecule has 0 spiro atoms. The second-order valence-corrected chi connectivity index (χ2v) is 6.68. The van der Waals surface area contributed by atoms with E-state index < -0.39 is 0 Å². The molecule has 0 saturated heterocycles. The van der Waals surface area contributed by atoms with Gasteiger partial charge in [-0.1, -0.05) is 23.9 Å². The average Bonchev–Trinajstić information content (AvgIpc) is 3.06. The quantitative estimate of drug-likeness (QED) is 0.649. The number of aryl methyl sites for hydroxylation is 1. The summed E-state index contributed by atoms with van der Waals surface area (Å²) in [5.74, 6) is 0.848. The molecule has 21 heavy (non-hydrogen) atoms. The molecule has 2 heterocycles. The number of thiazole rings is 1. The average molecular weight is 319 g/mol. The number of rotatable bonds is 6. The molecule has 0 atom stereocenters. The molecule has 3 rings (SSSR count). The SMILES string of the molecule is COCCn1c(SCc2csc(C)n2)nc2ccccc21. The molecular formula is C15H17N3OS2. The maximum Gasteiger partial charge on any atom is 0.169 e. The number of hydrogen-bond acceptors (Lipinski definition) is 5. The van der Waals surface area contributed by atoms with Crippen molar-refractivity contribution in [3.05, 3.63) is 40.3 Å². The molecule has 3 aromatic rings. The fourth-order valence-electron chi connectivity index (χ4n) is 2.18. The molecule has 0 aliphatic carbocycles. The molecule has 0 saturated carbocycles. The van der Waals surface area contributed by atoms with E-state index in [0.29, 0.717) is 6.61 Å². The van der Waals surface area contributed by atoms with Crippen LogP contribution in [-0.2, 0) is 17.0 Å². The van der Waals surface area contributed by atoms with Crippen LogP contribution >= 0.6 is 23.1 Å². The highest BCUT2D eigenvalue weighted by molar-refractivity contribution is 7.98. The standard InChI is InChI=1S/C15H17N3OS2/c1-11-16-12(9-20-11)10-21-15-17-13-5-3-4-6-14(13)18(15)7-8-19-2/h3-6,9H,7-8,10H2,1-2H3. The zero-order chi connectivity index (χ0) is 14.7. The van der Waals surface area contributed by atoms with Gasteiger partial charge in [0.15, 0.2) is 5.16 Å². The molecule has 0 bridgehead atoms. The van der Waals surface area contributed by atoms with Crippen LogP contribution in [0.25, 0.3) is 11.0 Å². The largest absolute Gasteiger partial charge is 0.383 e. The van der Waals surface area contributed by atoms with Gasteiger partial charge >= 0.3 is 0 Å². The van der Waals surface area contributed by atoms with Gasteiger partial charge in [-0.2, -0.15) is 0 Å². The molecule has 0 aliphatic rings. The van der Waals surface area contributed by atoms with E-state index in [1.165, 1.54) is 0 Å². The lowest BCUT2D eigenvalue weighted by Gasteiger charge is -2.07. The number of thioether (sulfide) groups is 1. The first-order chi connectivity index (χ1) is 10.3. The Bertz CT molecular complexity index is 735. The van der Waals surface area contributed by atoms with E-state index in [0.717, 1.165) is 39.2 Å². The summed E-state index contributed by atoms with van der Waals surface area (Å²) in [6.45, 7) is 3.53. The molecule has 1 aromatic carbocycles. The molecule has 110 valence electrons. The van der Waals surface area contributed by atoms with Crippen LogP contribution in [-0.4, -0.2) is 28.3 Å². The molecule has 0 radical (unpaired) electrons. The van der Waals surface area contributed by atoms with E-state index in [-0.39, 0.29) is 0 Å². The maximum atomic E-state index is 5.22. The summed E-state index contributed by atoms with van der Waals surface area (Å²) in [5.41, 5.74) is 3.31. The van der Waals surface area contributed by atoms with Gasteiger partial charge in [-0.05, 0) is 19.1 Å². The topological polar surface area (TPSA) is 39.9 Å². The molecule has 6 heteroatoms. The summed E-state index contributed by atoms with van der Waals surface area (Å²) in [6, 6.07) is 8.23. The molecule has 4 nitrogen and oxygen atoms in total. The third-order valence-electron chi connectivity index (χ3n) is 3.15. The van der Waals surface area contributed by atoms with Gasteiger partial charge in [-0.3, -0.25) is 0 Å². The monoisotopic (exact) mass is 319 g/mol. The van der Waals surface area contributed by atoms with Crippen molar-refractivity contribution >= 4 is 34.1 Å². The van der Waals surface area contributed by atoms with Gasteiger partial charge in [0.1, 0.15) is 0 Å². The van der Waals surface area contributed by atoms with Gasteiger partial charge in [0.05, 0.1) is 28.3 Å². The van der Waals surface area contributed by atoms with Gasteiger partial charge in [-0.15, -0.1) is 11.3 Å². The molecule has 0 amide bonds. The highest BCUT2D eigenvalue weighted by atomic mass is 32.2. The lowest BCUT2D eigenvalue weighted by molar-refractivity contribution is 0.186. The van der Waals surface area contributed by atoms with Crippen LogP contribution < -0.4 is 0 Å². The first kappa shape index (κ1) is 14.6. The van der Waals surface area contributed by atoms with Crippen LogP contribution in [0.5, 0.6) is 0 Å². The van der Waals surface area contributed by atoms with Crippen LogP contribution in [0.15, 0.2) is 34.8 Å². The number of aromatic nitrogens is 3. The van der Waals surface area contributed by atoms with E-state index in [2.05, 4.69) is 27.1 Å². The van der Waals surface area contributed by atoms with Crippen LogP contribution in [0.1, 0.15) is 10.7 Å². The van der Waals surface area contributed by atoms with E-state index in [1.54, 1.807) is 30.2 Å². The Morgan fingerprint density at radius 2 is 2.14 bits per heavy atom. The first-order valence-corrected chi connectivity index (χ1v) is 8.62. The Hall–Kier alpha value is -1.37. The fourth-order valence-corrected chi connectivity index (χ4v) is 3.83. The van der Waals surface area contributed by atoms with Crippen LogP contribution in [0.2, 0.25) is 0 Å². The van der Waals surface area contributed by atoms with Crippen molar-refractivity contribution in [3.8, 4) is 0 Å². The van der Waals surface area contributed by atoms with Crippen molar-refractivity contribution in [1.29, 1.82) is 0 Å². The number of imidazole rings is 1. The minimum absolute atomic E-state index is 0.684. The lowest BCUT2D eigenvalue weighted by Crippen LogP contribution is -2.05. The number of nitrogens with zero attached hydrogens (tertiary/aromatic N) is 3. The van der Waals surface area contributed by atoms with Crippen LogP contribution in [0, 0.1) is 6.92 Å². The summed E-state index contributed by atoms with van der Waals surface area (Å²) in [6.07, 6.45) is 0. The van der Waals surface area contributed by atoms with Gasteiger partial charge in [0, 0.05) is 24.8 Å². The van der Waals surface area contributed by atoms with Crippen molar-refractivity contribution < 1.29 is 4.74 Å². The summed E-state index contributed by atoms with van der Waals surface area (Å²) in [5, 5.41) is 4.25. The van der Waals surface area contributed by atoms with Gasteiger partial charge in [0.2, 0.25) is 0 Å². The van der Waals surface area contributed by atoms with Crippen LogP contribution in [0.4, 0.5) is 0 Å². The normalized spacial score (nSPS) is 11.3. The van der Waals surface area contributed by atoms with Gasteiger partial charge in [-0.25, -0.2) is 9.97 Å². The minimum Gasteiger partial charge on any atom is -0.383 e.